The van der Waals surface area contributed by atoms with E-state index < -0.39 is 5.97 Å². The van der Waals surface area contributed by atoms with Crippen LogP contribution in [0.25, 0.3) is 12.2 Å². The van der Waals surface area contributed by atoms with Gasteiger partial charge in [-0.25, -0.2) is 4.79 Å². The second kappa shape index (κ2) is 5.13. The van der Waals surface area contributed by atoms with Crippen LogP contribution >= 0.6 is 0 Å². The van der Waals surface area contributed by atoms with Gasteiger partial charge in [-0.3, -0.25) is 0 Å². The maximum absolute atomic E-state index is 11.5. The maximum atomic E-state index is 11.5. The first-order chi connectivity index (χ1) is 9.78. The van der Waals surface area contributed by atoms with E-state index in [1.165, 1.54) is 13.4 Å². The van der Waals surface area contributed by atoms with Crippen LogP contribution in [0.2, 0.25) is 0 Å². The molecule has 0 saturated carbocycles. The smallest absolute Gasteiger partial charge is 0.341 e. The molecule has 0 aliphatic carbocycles. The summed E-state index contributed by atoms with van der Waals surface area (Å²) >= 11 is 0. The molecule has 1 aliphatic heterocycles. The molecular formula is C15H12O5. The number of carbonyl (C=O) groups excluding carboxylic acids is 1. The molecule has 0 bridgehead atoms. The number of furan rings is 1. The number of esters is 1. The molecule has 0 radical (unpaired) electrons. The highest BCUT2D eigenvalue weighted by molar-refractivity contribution is 5.93. The zero-order valence-electron chi connectivity index (χ0n) is 10.8. The quantitative estimate of drug-likeness (QED) is 0.804. The van der Waals surface area contributed by atoms with Crippen molar-refractivity contribution < 1.29 is 23.4 Å². The summed E-state index contributed by atoms with van der Waals surface area (Å²) in [6.07, 6.45) is 4.99. The summed E-state index contributed by atoms with van der Waals surface area (Å²) in [4.78, 5) is 11.5. The molecule has 0 fully saturated rings. The predicted molar refractivity (Wildman–Crippen MR) is 71.5 cm³/mol. The molecule has 5 nitrogen and oxygen atoms in total. The Morgan fingerprint density at radius 1 is 1.20 bits per heavy atom. The number of ether oxygens (including phenoxy) is 3. The lowest BCUT2D eigenvalue weighted by Gasteiger charge is -1.98. The second-order valence-corrected chi connectivity index (χ2v) is 4.14. The maximum Gasteiger partial charge on any atom is 0.341 e. The average molecular weight is 272 g/mol. The van der Waals surface area contributed by atoms with Crippen molar-refractivity contribution in [2.75, 3.05) is 13.9 Å². The van der Waals surface area contributed by atoms with Crippen molar-refractivity contribution in [3.05, 3.63) is 47.4 Å². The fourth-order valence-electron chi connectivity index (χ4n) is 1.92. The third-order valence-corrected chi connectivity index (χ3v) is 2.92. The summed E-state index contributed by atoms with van der Waals surface area (Å²) in [5.41, 5.74) is 1.31. The summed E-state index contributed by atoms with van der Waals surface area (Å²) in [7, 11) is 1.33. The van der Waals surface area contributed by atoms with E-state index in [9.17, 15) is 4.79 Å². The van der Waals surface area contributed by atoms with Gasteiger partial charge in [-0.05, 0) is 29.8 Å². The Morgan fingerprint density at radius 3 is 2.90 bits per heavy atom. The minimum atomic E-state index is -0.427. The van der Waals surface area contributed by atoms with Crippen molar-refractivity contribution in [3.8, 4) is 11.5 Å². The molecule has 0 N–H and O–H groups in total. The fraction of sp³-hybridized carbons (Fsp3) is 0.133. The van der Waals surface area contributed by atoms with Gasteiger partial charge in [0.05, 0.1) is 13.4 Å². The van der Waals surface area contributed by atoms with Crippen molar-refractivity contribution in [1.82, 2.24) is 0 Å². The molecule has 1 aromatic heterocycles. The zero-order valence-corrected chi connectivity index (χ0v) is 10.8. The van der Waals surface area contributed by atoms with Crippen LogP contribution in [0.5, 0.6) is 11.5 Å². The highest BCUT2D eigenvalue weighted by Gasteiger charge is 2.14. The summed E-state index contributed by atoms with van der Waals surface area (Å²) in [5.74, 6) is 1.47. The molecule has 1 aromatic carbocycles. The van der Waals surface area contributed by atoms with E-state index >= 15 is 0 Å². The number of methoxy groups -OCH3 is 1. The van der Waals surface area contributed by atoms with Crippen LogP contribution in [0.1, 0.15) is 21.7 Å². The second-order valence-electron chi connectivity index (χ2n) is 4.14. The number of hydrogen-bond acceptors (Lipinski definition) is 5. The summed E-state index contributed by atoms with van der Waals surface area (Å²) < 4.78 is 20.5. The summed E-state index contributed by atoms with van der Waals surface area (Å²) in [5, 5.41) is 0. The Morgan fingerprint density at radius 2 is 2.05 bits per heavy atom. The molecule has 0 amide bonds. The zero-order chi connectivity index (χ0) is 13.9. The van der Waals surface area contributed by atoms with Crippen LogP contribution in [-0.2, 0) is 4.74 Å². The van der Waals surface area contributed by atoms with Gasteiger partial charge < -0.3 is 18.6 Å². The van der Waals surface area contributed by atoms with Crippen molar-refractivity contribution in [1.29, 1.82) is 0 Å². The van der Waals surface area contributed by atoms with Crippen molar-refractivity contribution in [3.63, 3.8) is 0 Å². The van der Waals surface area contributed by atoms with Crippen LogP contribution in [-0.4, -0.2) is 19.9 Å². The molecular weight excluding hydrogens is 260 g/mol. The van der Waals surface area contributed by atoms with Gasteiger partial charge in [0.1, 0.15) is 11.3 Å². The molecule has 20 heavy (non-hydrogen) atoms. The van der Waals surface area contributed by atoms with Crippen LogP contribution in [0.15, 0.2) is 34.9 Å². The number of carbonyl (C=O) groups is 1. The lowest BCUT2D eigenvalue weighted by atomic mass is 10.1. The van der Waals surface area contributed by atoms with Crippen molar-refractivity contribution >= 4 is 18.1 Å². The van der Waals surface area contributed by atoms with E-state index in [1.807, 2.05) is 24.3 Å². The Hall–Kier alpha value is -2.69. The molecule has 102 valence electrons. The molecule has 2 heterocycles. The molecule has 2 aromatic rings. The normalized spacial score (nSPS) is 12.8. The number of fused-ring (bicyclic) bond motifs is 1. The third kappa shape index (κ3) is 2.25. The van der Waals surface area contributed by atoms with Gasteiger partial charge in [0.15, 0.2) is 11.5 Å². The molecule has 5 heteroatoms. The van der Waals surface area contributed by atoms with Gasteiger partial charge in [-0.2, -0.15) is 0 Å². The van der Waals surface area contributed by atoms with Crippen LogP contribution in [0.3, 0.4) is 0 Å². The van der Waals surface area contributed by atoms with Crippen LogP contribution < -0.4 is 9.47 Å². The fourth-order valence-corrected chi connectivity index (χ4v) is 1.92. The van der Waals surface area contributed by atoms with Gasteiger partial charge in [-0.15, -0.1) is 0 Å². The minimum absolute atomic E-state index is 0.243. The minimum Gasteiger partial charge on any atom is -0.465 e. The average Bonchev–Trinajstić information content (AvgIpc) is 3.12. The lowest BCUT2D eigenvalue weighted by Crippen LogP contribution is -2.00. The van der Waals surface area contributed by atoms with E-state index in [1.54, 1.807) is 12.1 Å². The van der Waals surface area contributed by atoms with Gasteiger partial charge in [-0.1, -0.05) is 12.1 Å². The molecule has 0 spiro atoms. The molecule has 1 aliphatic rings. The van der Waals surface area contributed by atoms with E-state index in [4.69, 9.17) is 13.9 Å². The molecule has 3 rings (SSSR count). The topological polar surface area (TPSA) is 57.9 Å². The van der Waals surface area contributed by atoms with Crippen LogP contribution in [0.4, 0.5) is 0 Å². The third-order valence-electron chi connectivity index (χ3n) is 2.92. The van der Waals surface area contributed by atoms with Crippen molar-refractivity contribution in [2.45, 2.75) is 0 Å². The highest BCUT2D eigenvalue weighted by atomic mass is 16.7. The summed E-state index contributed by atoms with van der Waals surface area (Å²) in [6, 6.07) is 7.17. The number of benzene rings is 1. The standard InChI is InChI=1S/C15H12O5/c1-17-15(16)11-6-7-18-12(11)4-2-10-3-5-13-14(8-10)20-9-19-13/h2-8H,9H2,1H3/b4-2+. The largest absolute Gasteiger partial charge is 0.465 e. The Kier molecular flexibility index (Phi) is 3.16. The number of rotatable bonds is 3. The molecule has 0 atom stereocenters. The predicted octanol–water partition coefficient (Wildman–Crippen LogP) is 2.97. The SMILES string of the molecule is COC(=O)c1ccoc1/C=C/c1ccc2c(c1)OCO2. The molecule has 0 saturated heterocycles. The molecule has 0 unspecified atom stereocenters. The van der Waals surface area contributed by atoms with Crippen molar-refractivity contribution in [2.24, 2.45) is 0 Å². The Bertz CT molecular complexity index is 669. The van der Waals surface area contributed by atoms with E-state index in [0.717, 1.165) is 11.3 Å². The monoisotopic (exact) mass is 272 g/mol. The Labute approximate surface area is 115 Å². The van der Waals surface area contributed by atoms with E-state index in [0.29, 0.717) is 17.1 Å². The van der Waals surface area contributed by atoms with Gasteiger partial charge >= 0.3 is 5.97 Å². The van der Waals surface area contributed by atoms with Crippen LogP contribution in [0, 0.1) is 0 Å². The van der Waals surface area contributed by atoms with Gasteiger partial charge in [0.25, 0.3) is 0 Å². The first-order valence-electron chi connectivity index (χ1n) is 6.01. The highest BCUT2D eigenvalue weighted by Crippen LogP contribution is 2.33. The van der Waals surface area contributed by atoms with Gasteiger partial charge in [0.2, 0.25) is 6.79 Å². The van der Waals surface area contributed by atoms with E-state index in [2.05, 4.69) is 4.74 Å². The Balaban J connectivity index is 1.84. The van der Waals surface area contributed by atoms with Gasteiger partial charge in [0, 0.05) is 0 Å². The number of hydrogen-bond donors (Lipinski definition) is 0. The van der Waals surface area contributed by atoms with E-state index in [-0.39, 0.29) is 6.79 Å². The first kappa shape index (κ1) is 12.3. The lowest BCUT2D eigenvalue weighted by molar-refractivity contribution is 0.0599. The summed E-state index contributed by atoms with van der Waals surface area (Å²) in [6.45, 7) is 0.243. The first-order valence-corrected chi connectivity index (χ1v) is 6.01.